The van der Waals surface area contributed by atoms with Gasteiger partial charge in [0.15, 0.2) is 5.60 Å². The summed E-state index contributed by atoms with van der Waals surface area (Å²) in [4.78, 5) is 11.6. The number of carbonyl (C=O) groups is 1. The normalized spacial score (nSPS) is 27.6. The molecule has 1 aliphatic carbocycles. The first-order valence-corrected chi connectivity index (χ1v) is 8.03. The number of aliphatic hydroxyl groups is 1. The summed E-state index contributed by atoms with van der Waals surface area (Å²) in [6.07, 6.45) is -3.56. The second-order valence-electron chi connectivity index (χ2n) is 7.27. The van der Waals surface area contributed by atoms with Crippen molar-refractivity contribution in [2.75, 3.05) is 0 Å². The minimum atomic E-state index is -4.82. The Labute approximate surface area is 141 Å². The Balaban J connectivity index is 2.91. The molecule has 7 heteroatoms. The monoisotopic (exact) mass is 352 g/mol. The van der Waals surface area contributed by atoms with E-state index in [4.69, 9.17) is 9.47 Å². The van der Waals surface area contributed by atoms with E-state index in [2.05, 4.69) is 6.58 Å². The summed E-state index contributed by atoms with van der Waals surface area (Å²) in [5.41, 5.74) is -5.47. The van der Waals surface area contributed by atoms with Gasteiger partial charge in [-0.05, 0) is 47.0 Å². The lowest BCUT2D eigenvalue weighted by molar-refractivity contribution is -0.329. The lowest BCUT2D eigenvalue weighted by Crippen LogP contribution is -2.61. The highest BCUT2D eigenvalue weighted by atomic mass is 19.4. The molecule has 1 saturated carbocycles. The van der Waals surface area contributed by atoms with E-state index in [0.717, 1.165) is 0 Å². The highest BCUT2D eigenvalue weighted by Crippen LogP contribution is 2.47. The second kappa shape index (κ2) is 6.67. The molecule has 0 amide bonds. The summed E-state index contributed by atoms with van der Waals surface area (Å²) in [5, 5.41) is 9.99. The van der Waals surface area contributed by atoms with Crippen molar-refractivity contribution in [2.24, 2.45) is 0 Å². The molecule has 4 nitrogen and oxygen atoms in total. The minimum absolute atomic E-state index is 0.269. The number of ether oxygens (including phenoxy) is 2. The lowest BCUT2D eigenvalue weighted by atomic mass is 9.85. The summed E-state index contributed by atoms with van der Waals surface area (Å²) in [5.74, 6) is -0.520. The fourth-order valence-electron chi connectivity index (χ4n) is 2.86. The highest BCUT2D eigenvalue weighted by Gasteiger charge is 2.62. The molecule has 0 aromatic rings. The summed E-state index contributed by atoms with van der Waals surface area (Å²) in [6.45, 7) is 10.0. The maximum atomic E-state index is 13.2. The van der Waals surface area contributed by atoms with Crippen LogP contribution in [0.1, 0.15) is 60.3 Å². The van der Waals surface area contributed by atoms with Crippen LogP contribution >= 0.6 is 0 Å². The number of rotatable bonds is 6. The third kappa shape index (κ3) is 4.11. The molecule has 0 bridgehead atoms. The lowest BCUT2D eigenvalue weighted by Gasteiger charge is -2.46. The summed E-state index contributed by atoms with van der Waals surface area (Å²) in [6, 6.07) is 0. The predicted molar refractivity (Wildman–Crippen MR) is 83.4 cm³/mol. The van der Waals surface area contributed by atoms with Gasteiger partial charge in [-0.3, -0.25) is 0 Å². The molecule has 24 heavy (non-hydrogen) atoms. The van der Waals surface area contributed by atoms with Crippen LogP contribution in [0.4, 0.5) is 13.2 Å². The Hall–Kier alpha value is -1.08. The van der Waals surface area contributed by atoms with E-state index in [1.54, 1.807) is 6.92 Å². The minimum Gasteiger partial charge on any atom is -0.459 e. The maximum Gasteiger partial charge on any atom is 0.419 e. The standard InChI is InChI=1S/C17H27F3O4/c1-7-16(9-8-12(10-16)23-13(21)11(2)3)24-14(4,5)15(6,22)17(18,19)20/h12,22H,2,7-10H2,1,3-6H3. The molecular weight excluding hydrogens is 325 g/mol. The van der Waals surface area contributed by atoms with E-state index >= 15 is 0 Å². The van der Waals surface area contributed by atoms with Crippen molar-refractivity contribution in [3.05, 3.63) is 12.2 Å². The number of hydrogen-bond acceptors (Lipinski definition) is 4. The molecule has 0 aromatic carbocycles. The quantitative estimate of drug-likeness (QED) is 0.582. The molecule has 0 saturated heterocycles. The third-order valence-corrected chi connectivity index (χ3v) is 4.98. The summed E-state index contributed by atoms with van der Waals surface area (Å²) >= 11 is 0. The number of halogens is 3. The van der Waals surface area contributed by atoms with Crippen molar-refractivity contribution in [3.8, 4) is 0 Å². The SMILES string of the molecule is C=C(C)C(=O)OC1CCC(CC)(OC(C)(C)C(C)(O)C(F)(F)F)C1. The van der Waals surface area contributed by atoms with Crippen LogP contribution in [-0.4, -0.2) is 40.2 Å². The number of carbonyl (C=O) groups excluding carboxylic acids is 1. The van der Waals surface area contributed by atoms with Gasteiger partial charge in [0.05, 0.1) is 5.60 Å². The third-order valence-electron chi connectivity index (χ3n) is 4.98. The molecule has 0 spiro atoms. The van der Waals surface area contributed by atoms with Crippen LogP contribution in [0, 0.1) is 0 Å². The van der Waals surface area contributed by atoms with Gasteiger partial charge in [-0.15, -0.1) is 0 Å². The van der Waals surface area contributed by atoms with Crippen LogP contribution < -0.4 is 0 Å². The van der Waals surface area contributed by atoms with Crippen LogP contribution in [0.3, 0.4) is 0 Å². The van der Waals surface area contributed by atoms with E-state index in [-0.39, 0.29) is 5.57 Å². The average Bonchev–Trinajstić information content (AvgIpc) is 2.80. The Kier molecular flexibility index (Phi) is 5.83. The van der Waals surface area contributed by atoms with E-state index in [1.807, 2.05) is 0 Å². The zero-order chi connectivity index (χ0) is 19.0. The van der Waals surface area contributed by atoms with Crippen molar-refractivity contribution in [1.29, 1.82) is 0 Å². The molecule has 0 aliphatic heterocycles. The van der Waals surface area contributed by atoms with Gasteiger partial charge in [-0.1, -0.05) is 13.5 Å². The van der Waals surface area contributed by atoms with Crippen LogP contribution in [0.5, 0.6) is 0 Å². The number of alkyl halides is 3. The smallest absolute Gasteiger partial charge is 0.419 e. The van der Waals surface area contributed by atoms with Crippen LogP contribution in [0.2, 0.25) is 0 Å². The van der Waals surface area contributed by atoms with E-state index in [1.165, 1.54) is 20.8 Å². The predicted octanol–water partition coefficient (Wildman–Crippen LogP) is 3.92. The molecule has 1 N–H and O–H groups in total. The van der Waals surface area contributed by atoms with Crippen molar-refractivity contribution < 1.29 is 32.5 Å². The first-order valence-electron chi connectivity index (χ1n) is 8.03. The highest BCUT2D eigenvalue weighted by molar-refractivity contribution is 5.87. The van der Waals surface area contributed by atoms with Gasteiger partial charge in [-0.2, -0.15) is 13.2 Å². The van der Waals surface area contributed by atoms with Crippen LogP contribution in [0.15, 0.2) is 12.2 Å². The number of esters is 1. The van der Waals surface area contributed by atoms with E-state index < -0.39 is 35.1 Å². The van der Waals surface area contributed by atoms with Gasteiger partial charge in [0, 0.05) is 12.0 Å². The van der Waals surface area contributed by atoms with Gasteiger partial charge in [0.1, 0.15) is 11.7 Å². The Bertz CT molecular complexity index is 497. The molecule has 140 valence electrons. The van der Waals surface area contributed by atoms with Gasteiger partial charge in [-0.25, -0.2) is 4.79 Å². The van der Waals surface area contributed by atoms with Gasteiger partial charge in [0.2, 0.25) is 0 Å². The molecule has 1 rings (SSSR count). The molecule has 1 aliphatic rings. The second-order valence-corrected chi connectivity index (χ2v) is 7.27. The number of hydrogen-bond donors (Lipinski definition) is 1. The first kappa shape index (κ1) is 21.0. The van der Waals surface area contributed by atoms with Gasteiger partial charge >= 0.3 is 12.1 Å². The molecule has 0 aromatic heterocycles. The Morgan fingerprint density at radius 3 is 2.29 bits per heavy atom. The van der Waals surface area contributed by atoms with Gasteiger partial charge < -0.3 is 14.6 Å². The Morgan fingerprint density at radius 1 is 1.33 bits per heavy atom. The topological polar surface area (TPSA) is 55.8 Å². The molecular formula is C17H27F3O4. The fraction of sp³-hybridized carbons (Fsp3) is 0.824. The zero-order valence-electron chi connectivity index (χ0n) is 14.9. The fourth-order valence-corrected chi connectivity index (χ4v) is 2.86. The van der Waals surface area contributed by atoms with E-state index in [0.29, 0.717) is 32.6 Å². The molecule has 1 fully saturated rings. The van der Waals surface area contributed by atoms with Crippen molar-refractivity contribution in [1.82, 2.24) is 0 Å². The first-order chi connectivity index (χ1) is 10.7. The molecule has 3 unspecified atom stereocenters. The Morgan fingerprint density at radius 2 is 1.88 bits per heavy atom. The molecule has 0 radical (unpaired) electrons. The largest absolute Gasteiger partial charge is 0.459 e. The molecule has 0 heterocycles. The van der Waals surface area contributed by atoms with Crippen molar-refractivity contribution in [3.63, 3.8) is 0 Å². The van der Waals surface area contributed by atoms with Crippen molar-refractivity contribution in [2.45, 2.75) is 89.4 Å². The van der Waals surface area contributed by atoms with E-state index in [9.17, 15) is 23.1 Å². The van der Waals surface area contributed by atoms with Crippen LogP contribution in [-0.2, 0) is 14.3 Å². The average molecular weight is 352 g/mol. The summed E-state index contributed by atoms with van der Waals surface area (Å²) < 4.78 is 50.6. The summed E-state index contributed by atoms with van der Waals surface area (Å²) in [7, 11) is 0. The molecule has 3 atom stereocenters. The van der Waals surface area contributed by atoms with Crippen LogP contribution in [0.25, 0.3) is 0 Å². The van der Waals surface area contributed by atoms with Gasteiger partial charge in [0.25, 0.3) is 0 Å². The van der Waals surface area contributed by atoms with Crippen molar-refractivity contribution >= 4 is 5.97 Å². The zero-order valence-corrected chi connectivity index (χ0v) is 14.9. The maximum absolute atomic E-state index is 13.2.